The Morgan fingerprint density at radius 3 is 2.61 bits per heavy atom. The molecule has 0 saturated carbocycles. The van der Waals surface area contributed by atoms with Crippen molar-refractivity contribution >= 4 is 35.7 Å². The number of nitrogens with one attached hydrogen (secondary N) is 2. The molecule has 1 saturated heterocycles. The molecule has 1 aliphatic heterocycles. The summed E-state index contributed by atoms with van der Waals surface area (Å²) in [6.07, 6.45) is 0.984. The number of methoxy groups -OCH3 is 1. The van der Waals surface area contributed by atoms with Gasteiger partial charge in [-0.25, -0.2) is 15.1 Å². The van der Waals surface area contributed by atoms with Gasteiger partial charge in [0.15, 0.2) is 5.92 Å². The highest BCUT2D eigenvalue weighted by Crippen LogP contribution is 2.24. The van der Waals surface area contributed by atoms with E-state index in [0.717, 1.165) is 11.1 Å². The van der Waals surface area contributed by atoms with Gasteiger partial charge in [-0.2, -0.15) is 5.10 Å². The van der Waals surface area contributed by atoms with Gasteiger partial charge in [0.1, 0.15) is 5.75 Å². The third-order valence-electron chi connectivity index (χ3n) is 3.94. The minimum absolute atomic E-state index is 0.237. The zero-order chi connectivity index (χ0) is 20.1. The number of hydrogen-bond acceptors (Lipinski definition) is 6. The Bertz CT molecular complexity index is 958. The summed E-state index contributed by atoms with van der Waals surface area (Å²) in [7, 11) is 1.45. The number of hydrogen-bond donors (Lipinski definition) is 2. The third kappa shape index (κ3) is 3.88. The second-order valence-electron chi connectivity index (χ2n) is 5.73. The molecule has 0 spiro atoms. The van der Waals surface area contributed by atoms with E-state index >= 15 is 0 Å². The van der Waals surface area contributed by atoms with Crippen molar-refractivity contribution < 1.29 is 23.9 Å². The quantitative estimate of drug-likeness (QED) is 0.461. The third-order valence-corrected chi connectivity index (χ3v) is 3.94. The number of urea groups is 1. The van der Waals surface area contributed by atoms with Crippen LogP contribution >= 0.6 is 0 Å². The number of ether oxygens (including phenoxy) is 1. The lowest BCUT2D eigenvalue weighted by atomic mass is 10.1. The van der Waals surface area contributed by atoms with Crippen LogP contribution in [0.3, 0.4) is 0 Å². The van der Waals surface area contributed by atoms with Crippen LogP contribution in [-0.2, 0) is 9.59 Å². The van der Waals surface area contributed by atoms with Crippen LogP contribution in [-0.4, -0.2) is 37.1 Å². The molecule has 0 aliphatic carbocycles. The van der Waals surface area contributed by atoms with Gasteiger partial charge in [-0.3, -0.25) is 19.7 Å². The number of rotatable bonds is 5. The highest BCUT2D eigenvalue weighted by atomic mass is 16.5. The molecular formula is C19H16N4O5. The average Bonchev–Trinajstić information content (AvgIpc) is 2.71. The molecule has 142 valence electrons. The first-order valence-electron chi connectivity index (χ1n) is 8.22. The first-order chi connectivity index (χ1) is 13.5. The summed E-state index contributed by atoms with van der Waals surface area (Å²) >= 11 is 0. The normalized spacial score (nSPS) is 16.8. The van der Waals surface area contributed by atoms with E-state index in [9.17, 15) is 19.2 Å². The summed E-state index contributed by atoms with van der Waals surface area (Å²) in [5.74, 6) is -3.05. The van der Waals surface area contributed by atoms with Gasteiger partial charge in [0, 0.05) is 17.8 Å². The van der Waals surface area contributed by atoms with E-state index in [0.29, 0.717) is 11.3 Å². The molecule has 0 radical (unpaired) electrons. The molecule has 9 nitrogen and oxygen atoms in total. The van der Waals surface area contributed by atoms with Crippen LogP contribution in [0, 0.1) is 5.92 Å². The fourth-order valence-corrected chi connectivity index (χ4v) is 2.54. The highest BCUT2D eigenvalue weighted by Gasteiger charge is 2.40. The van der Waals surface area contributed by atoms with Crippen molar-refractivity contribution in [2.75, 3.05) is 12.0 Å². The molecule has 1 heterocycles. The number of nitrogens with zero attached hydrogens (tertiary/aromatic N) is 2. The molecule has 3 rings (SSSR count). The van der Waals surface area contributed by atoms with Gasteiger partial charge in [-0.05, 0) is 24.3 Å². The number of barbiturate groups is 1. The van der Waals surface area contributed by atoms with Crippen LogP contribution in [0.1, 0.15) is 10.4 Å². The SMILES string of the molecule is COc1cccc(N2C(=O)NC(=O)C(C=NNC(=O)c3ccccc3)C2=O)c1. The molecule has 9 heteroatoms. The lowest BCUT2D eigenvalue weighted by Gasteiger charge is -2.28. The van der Waals surface area contributed by atoms with Crippen LogP contribution in [0.2, 0.25) is 0 Å². The number of anilines is 1. The lowest BCUT2D eigenvalue weighted by molar-refractivity contribution is -0.131. The van der Waals surface area contributed by atoms with Gasteiger partial charge < -0.3 is 4.74 Å². The van der Waals surface area contributed by atoms with E-state index in [1.54, 1.807) is 42.5 Å². The second-order valence-corrected chi connectivity index (χ2v) is 5.73. The van der Waals surface area contributed by atoms with Gasteiger partial charge in [-0.1, -0.05) is 24.3 Å². The molecule has 2 aromatic rings. The number of imide groups is 2. The first kappa shape index (κ1) is 18.8. The molecule has 2 aromatic carbocycles. The van der Waals surface area contributed by atoms with Gasteiger partial charge in [0.25, 0.3) is 11.8 Å². The van der Waals surface area contributed by atoms with Gasteiger partial charge >= 0.3 is 6.03 Å². The molecule has 1 atom stereocenters. The van der Waals surface area contributed by atoms with Crippen molar-refractivity contribution in [2.45, 2.75) is 0 Å². The molecule has 1 aliphatic rings. The number of benzene rings is 2. The number of amides is 5. The van der Waals surface area contributed by atoms with Crippen LogP contribution in [0.5, 0.6) is 5.75 Å². The predicted molar refractivity (Wildman–Crippen MR) is 99.9 cm³/mol. The van der Waals surface area contributed by atoms with Crippen LogP contribution in [0.15, 0.2) is 59.7 Å². The van der Waals surface area contributed by atoms with Crippen LogP contribution in [0.25, 0.3) is 0 Å². The minimum Gasteiger partial charge on any atom is -0.497 e. The Morgan fingerprint density at radius 1 is 1.14 bits per heavy atom. The van der Waals surface area contributed by atoms with E-state index in [2.05, 4.69) is 15.8 Å². The van der Waals surface area contributed by atoms with Crippen molar-refractivity contribution in [1.82, 2.24) is 10.7 Å². The zero-order valence-corrected chi connectivity index (χ0v) is 14.8. The molecule has 0 aromatic heterocycles. The minimum atomic E-state index is -1.38. The molecule has 28 heavy (non-hydrogen) atoms. The standard InChI is InChI=1S/C19H16N4O5/c1-28-14-9-5-8-13(10-14)23-18(26)15(17(25)21-19(23)27)11-20-22-16(24)12-6-3-2-4-7-12/h2-11,15H,1H3,(H,22,24)(H,21,25,27). The van der Waals surface area contributed by atoms with Crippen molar-refractivity contribution in [3.05, 3.63) is 60.2 Å². The van der Waals surface area contributed by atoms with E-state index in [4.69, 9.17) is 4.74 Å². The van der Waals surface area contributed by atoms with E-state index in [-0.39, 0.29) is 5.69 Å². The molecular weight excluding hydrogens is 364 g/mol. The van der Waals surface area contributed by atoms with Gasteiger partial charge in [-0.15, -0.1) is 0 Å². The maximum absolute atomic E-state index is 12.7. The second kappa shape index (κ2) is 8.12. The maximum Gasteiger partial charge on any atom is 0.335 e. The summed E-state index contributed by atoms with van der Waals surface area (Å²) in [5.41, 5.74) is 2.85. The zero-order valence-electron chi connectivity index (χ0n) is 14.8. The Kier molecular flexibility index (Phi) is 5.45. The Balaban J connectivity index is 1.77. The smallest absolute Gasteiger partial charge is 0.335 e. The highest BCUT2D eigenvalue weighted by molar-refractivity contribution is 6.32. The van der Waals surface area contributed by atoms with E-state index in [1.165, 1.54) is 19.2 Å². The largest absolute Gasteiger partial charge is 0.497 e. The fraction of sp³-hybridized carbons (Fsp3) is 0.105. The number of carbonyl (C=O) groups is 4. The maximum atomic E-state index is 12.7. The Labute approximate surface area is 160 Å². The van der Waals surface area contributed by atoms with Crippen molar-refractivity contribution in [2.24, 2.45) is 11.0 Å². The summed E-state index contributed by atoms with van der Waals surface area (Å²) in [6, 6.07) is 13.7. The topological polar surface area (TPSA) is 117 Å². The van der Waals surface area contributed by atoms with Crippen LogP contribution < -0.4 is 20.4 Å². The molecule has 1 fully saturated rings. The lowest BCUT2D eigenvalue weighted by Crippen LogP contribution is -2.58. The summed E-state index contributed by atoms with van der Waals surface area (Å²) < 4.78 is 5.09. The van der Waals surface area contributed by atoms with Crippen molar-refractivity contribution in [1.29, 1.82) is 0 Å². The Hall–Kier alpha value is -4.01. The van der Waals surface area contributed by atoms with Crippen LogP contribution in [0.4, 0.5) is 10.5 Å². The predicted octanol–water partition coefficient (Wildman–Crippen LogP) is 1.31. The van der Waals surface area contributed by atoms with Gasteiger partial charge in [0.05, 0.1) is 12.8 Å². The van der Waals surface area contributed by atoms with Crippen molar-refractivity contribution in [3.63, 3.8) is 0 Å². The summed E-state index contributed by atoms with van der Waals surface area (Å²) in [5, 5.41) is 5.79. The average molecular weight is 380 g/mol. The monoisotopic (exact) mass is 380 g/mol. The number of hydrazone groups is 1. The molecule has 1 unspecified atom stereocenters. The summed E-state index contributed by atoms with van der Waals surface area (Å²) in [6.45, 7) is 0. The fourth-order valence-electron chi connectivity index (χ4n) is 2.54. The number of carbonyl (C=O) groups excluding carboxylic acids is 4. The van der Waals surface area contributed by atoms with Crippen molar-refractivity contribution in [3.8, 4) is 5.75 Å². The molecule has 5 amide bonds. The Morgan fingerprint density at radius 2 is 1.89 bits per heavy atom. The molecule has 0 bridgehead atoms. The van der Waals surface area contributed by atoms with E-state index in [1.807, 2.05) is 0 Å². The molecule has 2 N–H and O–H groups in total. The first-order valence-corrected chi connectivity index (χ1v) is 8.22. The van der Waals surface area contributed by atoms with Gasteiger partial charge in [0.2, 0.25) is 5.91 Å². The summed E-state index contributed by atoms with van der Waals surface area (Å²) in [4.78, 5) is 49.7. The van der Waals surface area contributed by atoms with E-state index < -0.39 is 29.7 Å².